The maximum Gasteiger partial charge on any atom is 0.480 e. The number of nitrogens with one attached hydrogen (secondary N) is 1. The fourth-order valence-electron chi connectivity index (χ4n) is 5.46. The molecule has 2 N–H and O–H groups in total. The Morgan fingerprint density at radius 2 is 1.55 bits per heavy atom. The quantitative estimate of drug-likeness (QED) is 0.0600. The van der Waals surface area contributed by atoms with Gasteiger partial charge in [-0.2, -0.15) is 0 Å². The van der Waals surface area contributed by atoms with Crippen molar-refractivity contribution in [1.82, 2.24) is 15.1 Å². The summed E-state index contributed by atoms with van der Waals surface area (Å²) in [5.41, 5.74) is -3.32. The first-order chi connectivity index (χ1) is 25.8. The molecule has 1 unspecified atom stereocenters. The molecule has 308 valence electrons. The molecule has 1 saturated heterocycles. The van der Waals surface area contributed by atoms with Crippen molar-refractivity contribution in [1.29, 1.82) is 0 Å². The first-order valence-electron chi connectivity index (χ1n) is 17.8. The van der Waals surface area contributed by atoms with Gasteiger partial charge in [-0.05, 0) is 12.8 Å². The van der Waals surface area contributed by atoms with Gasteiger partial charge in [0.1, 0.15) is 23.9 Å². The van der Waals surface area contributed by atoms with Crippen LogP contribution in [0, 0.1) is 23.7 Å². The maximum atomic E-state index is 15.0. The van der Waals surface area contributed by atoms with E-state index < -0.39 is 106 Å². The van der Waals surface area contributed by atoms with E-state index in [1.54, 1.807) is 71.9 Å². The molecule has 1 fully saturated rings. The van der Waals surface area contributed by atoms with Crippen molar-refractivity contribution in [3.8, 4) is 0 Å². The van der Waals surface area contributed by atoms with Crippen LogP contribution in [0.2, 0.25) is 0 Å². The predicted octanol–water partition coefficient (Wildman–Crippen LogP) is 3.52. The molecule has 0 aliphatic carbocycles. The molecule has 3 rings (SSSR count). The van der Waals surface area contributed by atoms with Gasteiger partial charge in [0, 0.05) is 23.8 Å². The van der Waals surface area contributed by atoms with Crippen LogP contribution >= 0.6 is 7.82 Å². The van der Waals surface area contributed by atoms with Crippen LogP contribution in [0.1, 0.15) is 65.7 Å². The zero-order chi connectivity index (χ0) is 41.1. The van der Waals surface area contributed by atoms with Gasteiger partial charge in [-0.25, -0.2) is 18.0 Å². The van der Waals surface area contributed by atoms with Crippen LogP contribution in [0.5, 0.6) is 0 Å². The van der Waals surface area contributed by atoms with E-state index in [-0.39, 0.29) is 24.9 Å². The highest BCUT2D eigenvalue weighted by Gasteiger charge is 2.62. The number of ketones is 1. The molecule has 0 bridgehead atoms. The van der Waals surface area contributed by atoms with E-state index in [0.29, 0.717) is 5.56 Å². The third kappa shape index (κ3) is 12.1. The summed E-state index contributed by atoms with van der Waals surface area (Å²) in [4.78, 5) is 65.0. The van der Waals surface area contributed by atoms with Crippen LogP contribution in [0.3, 0.4) is 0 Å². The normalized spacial score (nSPS) is 23.4. The third-order valence-corrected chi connectivity index (χ3v) is 10.5. The molecule has 2 aliphatic heterocycles. The molecule has 0 radical (unpaired) electrons. The minimum Gasteiger partial charge on any atom is -0.443 e. The minimum absolute atomic E-state index is 0.127. The second kappa shape index (κ2) is 19.9. The molecule has 1 aromatic carbocycles. The minimum atomic E-state index is -4.73. The summed E-state index contributed by atoms with van der Waals surface area (Å²) in [5, 5.41) is 14.6. The molecule has 0 saturated carbocycles. The highest BCUT2D eigenvalue weighted by atomic mass is 31.2. The lowest BCUT2D eigenvalue weighted by Crippen LogP contribution is -2.55. The average molecular weight is 802 g/mol. The summed E-state index contributed by atoms with van der Waals surface area (Å²) in [6.45, 7) is 7.91. The number of phosphoric acid groups is 1. The van der Waals surface area contributed by atoms with Crippen molar-refractivity contribution < 1.29 is 70.6 Å². The molecule has 2 heterocycles. The number of carbonyl (C=O) groups is 5. The number of ether oxygens (including phenoxy) is 4. The van der Waals surface area contributed by atoms with E-state index in [1.165, 1.54) is 24.9 Å². The van der Waals surface area contributed by atoms with Gasteiger partial charge in [0.2, 0.25) is 13.6 Å². The number of halogens is 1. The van der Waals surface area contributed by atoms with Crippen molar-refractivity contribution in [2.75, 3.05) is 46.8 Å². The molecular weight excluding hydrogens is 748 g/mol. The van der Waals surface area contributed by atoms with Gasteiger partial charge in [0.15, 0.2) is 18.7 Å². The SMILES string of the molecule is CC(C)C(=O)OCOP(=O)(OCOC(=O)C(C)C)OC[C@@]1(CF)O[C@@H](N2C=CC(=O)N(COC(=O)C(NCC(=O)c3ccccc3)C(C)C)C2)[C@](C)(O)[C@@H]1C. The van der Waals surface area contributed by atoms with E-state index in [1.807, 2.05) is 0 Å². The Bertz CT molecular complexity index is 1550. The van der Waals surface area contributed by atoms with Crippen molar-refractivity contribution in [2.45, 2.75) is 78.9 Å². The number of Topliss-reactive ketones (excluding diaryl/α,β-unsaturated/α-hetero) is 1. The first-order valence-corrected chi connectivity index (χ1v) is 19.3. The third-order valence-electron chi connectivity index (χ3n) is 9.19. The number of amides is 1. The number of rotatable bonds is 21. The topological polar surface area (TPSA) is 206 Å². The Balaban J connectivity index is 1.70. The molecule has 19 heteroatoms. The van der Waals surface area contributed by atoms with Crippen molar-refractivity contribution in [3.63, 3.8) is 0 Å². The van der Waals surface area contributed by atoms with Crippen LogP contribution in [0.4, 0.5) is 4.39 Å². The molecule has 0 spiro atoms. The monoisotopic (exact) mass is 801 g/mol. The number of esters is 3. The zero-order valence-corrected chi connectivity index (χ0v) is 33.3. The molecule has 5 atom stereocenters. The van der Waals surface area contributed by atoms with Crippen LogP contribution in [0.25, 0.3) is 0 Å². The second-order valence-electron chi connectivity index (χ2n) is 14.4. The predicted molar refractivity (Wildman–Crippen MR) is 192 cm³/mol. The van der Waals surface area contributed by atoms with Crippen molar-refractivity contribution in [2.24, 2.45) is 23.7 Å². The summed E-state index contributed by atoms with van der Waals surface area (Å²) in [7, 11) is -4.73. The summed E-state index contributed by atoms with van der Waals surface area (Å²) >= 11 is 0. The standard InChI is InChI=1S/C36H53FN3O14P/c1-23(2)30(38-16-28(41)27-12-10-9-11-13-27)33(45)48-20-40-19-39(15-14-29(40)42)34-35(8,46)26(7)36(17-37,54-34)18-51-55(47,52-21-49-31(43)24(3)4)53-22-50-32(44)25(5)6/h9-15,23-26,30,34,38,46H,16-22H2,1-8H3/t26-,30?,34+,35+,36+/m0/s1. The molecule has 1 aromatic rings. The molecule has 2 aliphatic rings. The highest BCUT2D eigenvalue weighted by Crippen LogP contribution is 2.53. The number of carbonyl (C=O) groups excluding carboxylic acids is 5. The Kier molecular flexibility index (Phi) is 16.5. The maximum absolute atomic E-state index is 15.0. The summed E-state index contributed by atoms with van der Waals surface area (Å²) in [6.07, 6.45) is 1.16. The average Bonchev–Trinajstić information content (AvgIpc) is 3.34. The highest BCUT2D eigenvalue weighted by molar-refractivity contribution is 7.48. The van der Waals surface area contributed by atoms with Gasteiger partial charge in [-0.3, -0.25) is 38.7 Å². The van der Waals surface area contributed by atoms with Gasteiger partial charge >= 0.3 is 25.7 Å². The molecular formula is C36H53FN3O14P. The Hall–Kier alpha value is -3.77. The number of phosphoric ester groups is 1. The van der Waals surface area contributed by atoms with Gasteiger partial charge in [0.25, 0.3) is 5.91 Å². The molecule has 1 amide bonds. The lowest BCUT2D eigenvalue weighted by Gasteiger charge is -2.40. The lowest BCUT2D eigenvalue weighted by atomic mass is 9.80. The fraction of sp³-hybridized carbons (Fsp3) is 0.639. The number of aliphatic hydroxyl groups is 1. The van der Waals surface area contributed by atoms with Crippen molar-refractivity contribution in [3.05, 3.63) is 48.2 Å². The lowest BCUT2D eigenvalue weighted by molar-refractivity contribution is -0.174. The Labute approximate surface area is 320 Å². The summed E-state index contributed by atoms with van der Waals surface area (Å²) in [6, 6.07) is 7.69. The van der Waals surface area contributed by atoms with Gasteiger partial charge in [0.05, 0.1) is 31.7 Å². The first kappa shape index (κ1) is 45.6. The van der Waals surface area contributed by atoms with Gasteiger partial charge in [-0.1, -0.05) is 78.8 Å². The molecule has 17 nitrogen and oxygen atoms in total. The number of nitrogens with zero attached hydrogens (tertiary/aromatic N) is 2. The van der Waals surface area contributed by atoms with Crippen molar-refractivity contribution >= 4 is 37.4 Å². The molecule has 0 aromatic heterocycles. The number of hydrogen-bond acceptors (Lipinski definition) is 16. The number of alkyl halides is 1. The smallest absolute Gasteiger partial charge is 0.443 e. The fourth-order valence-corrected chi connectivity index (χ4v) is 6.42. The van der Waals surface area contributed by atoms with Crippen LogP contribution in [0.15, 0.2) is 42.6 Å². The van der Waals surface area contributed by atoms with E-state index in [9.17, 15) is 33.6 Å². The Morgan fingerprint density at radius 1 is 0.964 bits per heavy atom. The number of benzene rings is 1. The number of hydrogen-bond donors (Lipinski definition) is 2. The van der Waals surface area contributed by atoms with Crippen LogP contribution < -0.4 is 5.32 Å². The van der Waals surface area contributed by atoms with Gasteiger partial charge < -0.3 is 29.0 Å². The summed E-state index contributed by atoms with van der Waals surface area (Å²) in [5.74, 6) is -5.26. The Morgan fingerprint density at radius 3 is 2.07 bits per heavy atom. The van der Waals surface area contributed by atoms with Crippen LogP contribution in [-0.4, -0.2) is 115 Å². The van der Waals surface area contributed by atoms with E-state index in [2.05, 4.69) is 5.32 Å². The van der Waals surface area contributed by atoms with E-state index in [0.717, 1.165) is 11.0 Å². The zero-order valence-electron chi connectivity index (χ0n) is 32.4. The largest absolute Gasteiger partial charge is 0.480 e. The molecule has 55 heavy (non-hydrogen) atoms. The van der Waals surface area contributed by atoms with E-state index in [4.69, 9.17) is 32.5 Å². The van der Waals surface area contributed by atoms with Gasteiger partial charge in [-0.15, -0.1) is 0 Å². The second-order valence-corrected chi connectivity index (χ2v) is 16.1. The van der Waals surface area contributed by atoms with E-state index >= 15 is 4.39 Å². The summed E-state index contributed by atoms with van der Waals surface area (Å²) < 4.78 is 65.8. The van der Waals surface area contributed by atoms with Crippen LogP contribution in [-0.2, 0) is 56.3 Å².